The third kappa shape index (κ3) is 5.10. The van der Waals surface area contributed by atoms with Crippen molar-refractivity contribution >= 4 is 11.8 Å². The Balaban J connectivity index is 1.05. The predicted octanol–water partition coefficient (Wildman–Crippen LogP) is 5.47. The molecule has 4 aliphatic rings. The van der Waals surface area contributed by atoms with E-state index in [1.165, 1.54) is 22.3 Å². The number of ether oxygens (including phenoxy) is 2. The minimum Gasteiger partial charge on any atom is -0.488 e. The quantitative estimate of drug-likeness (QED) is 0.416. The van der Waals surface area contributed by atoms with E-state index < -0.39 is 11.4 Å². The molecule has 1 N–H and O–H groups in total. The van der Waals surface area contributed by atoms with Crippen LogP contribution in [0.25, 0.3) is 11.3 Å². The van der Waals surface area contributed by atoms with E-state index in [4.69, 9.17) is 14.5 Å². The first-order valence-corrected chi connectivity index (χ1v) is 15.1. The van der Waals surface area contributed by atoms with Gasteiger partial charge in [-0.3, -0.25) is 9.69 Å². The van der Waals surface area contributed by atoms with Gasteiger partial charge < -0.3 is 19.5 Å². The summed E-state index contributed by atoms with van der Waals surface area (Å²) in [5, 5.41) is 9.63. The average molecular weight is 554 g/mol. The van der Waals surface area contributed by atoms with Gasteiger partial charge in [-0.2, -0.15) is 0 Å². The molecule has 0 spiro atoms. The molecule has 1 aromatic heterocycles. The van der Waals surface area contributed by atoms with Crippen LogP contribution in [0.1, 0.15) is 47.9 Å². The average Bonchev–Trinajstić information content (AvgIpc) is 3.76. The second-order valence-corrected chi connectivity index (χ2v) is 12.3. The fourth-order valence-corrected chi connectivity index (χ4v) is 7.32. The molecule has 7 rings (SSSR count). The van der Waals surface area contributed by atoms with Gasteiger partial charge in [-0.25, -0.2) is 4.98 Å². The van der Waals surface area contributed by atoms with E-state index in [0.717, 1.165) is 87.9 Å². The van der Waals surface area contributed by atoms with Gasteiger partial charge in [0.1, 0.15) is 18.2 Å². The Kier molecular flexibility index (Phi) is 6.95. The highest BCUT2D eigenvalue weighted by Gasteiger charge is 2.62. The third-order valence-corrected chi connectivity index (χ3v) is 9.90. The minimum atomic E-state index is -0.638. The molecule has 3 aliphatic heterocycles. The maximum absolute atomic E-state index is 11.7. The van der Waals surface area contributed by atoms with Gasteiger partial charge >= 0.3 is 5.97 Å². The van der Waals surface area contributed by atoms with Crippen LogP contribution in [0.2, 0.25) is 0 Å². The van der Waals surface area contributed by atoms with Gasteiger partial charge in [0, 0.05) is 51.0 Å². The number of benzene rings is 2. The van der Waals surface area contributed by atoms with Crippen molar-refractivity contribution in [1.29, 1.82) is 0 Å². The van der Waals surface area contributed by atoms with E-state index >= 15 is 0 Å². The number of carboxylic acid groups (broad SMARTS) is 1. The number of fused-ring (bicyclic) bond motifs is 2. The van der Waals surface area contributed by atoms with Gasteiger partial charge in [-0.05, 0) is 91.5 Å². The summed E-state index contributed by atoms with van der Waals surface area (Å²) in [4.78, 5) is 21.6. The summed E-state index contributed by atoms with van der Waals surface area (Å²) in [5.41, 5.74) is 6.85. The van der Waals surface area contributed by atoms with E-state index in [1.54, 1.807) is 0 Å². The summed E-state index contributed by atoms with van der Waals surface area (Å²) in [6, 6.07) is 19.5. The molecule has 3 aromatic rings. The number of anilines is 1. The molecule has 4 heterocycles. The maximum Gasteiger partial charge on any atom is 0.310 e. The zero-order valence-corrected chi connectivity index (χ0v) is 23.8. The monoisotopic (exact) mass is 553 g/mol. The highest BCUT2D eigenvalue weighted by molar-refractivity contribution is 5.79. The first-order chi connectivity index (χ1) is 20.0. The normalized spacial score (nSPS) is 24.4. The second kappa shape index (κ2) is 10.8. The van der Waals surface area contributed by atoms with Crippen LogP contribution in [-0.4, -0.2) is 59.8 Å². The lowest BCUT2D eigenvalue weighted by molar-refractivity contribution is -0.144. The SMILES string of the molecule is Cc1cc(COc2ccccc2-c2cccc(N3CC[C@@]4(C(=O)O)C[C@H]4C3)n2)cc2c1CN(C1CCOCC1)CC2. The summed E-state index contributed by atoms with van der Waals surface area (Å²) in [5.74, 6) is 1.31. The number of carboxylic acids is 1. The van der Waals surface area contributed by atoms with Crippen molar-refractivity contribution in [2.45, 2.75) is 58.2 Å². The number of aryl methyl sites for hydroxylation is 1. The number of hydrogen-bond donors (Lipinski definition) is 1. The lowest BCUT2D eigenvalue weighted by Gasteiger charge is -2.38. The third-order valence-electron chi connectivity index (χ3n) is 9.90. The largest absolute Gasteiger partial charge is 0.488 e. The molecule has 7 heteroatoms. The Hall–Kier alpha value is -3.42. The lowest BCUT2D eigenvalue weighted by atomic mass is 9.91. The molecule has 2 aromatic carbocycles. The molecule has 0 unspecified atom stereocenters. The van der Waals surface area contributed by atoms with Crippen molar-refractivity contribution in [3.8, 4) is 17.0 Å². The van der Waals surface area contributed by atoms with Crippen LogP contribution in [0.4, 0.5) is 5.82 Å². The molecule has 3 fully saturated rings. The first kappa shape index (κ1) is 26.5. The molecule has 1 aliphatic carbocycles. The van der Waals surface area contributed by atoms with Gasteiger partial charge in [0.2, 0.25) is 0 Å². The Bertz CT molecular complexity index is 1450. The smallest absolute Gasteiger partial charge is 0.310 e. The predicted molar refractivity (Wildman–Crippen MR) is 158 cm³/mol. The Labute approximate surface area is 242 Å². The van der Waals surface area contributed by atoms with E-state index in [9.17, 15) is 9.90 Å². The van der Waals surface area contributed by atoms with Crippen LogP contribution in [0, 0.1) is 18.3 Å². The molecule has 2 atom stereocenters. The van der Waals surface area contributed by atoms with Crippen molar-refractivity contribution in [1.82, 2.24) is 9.88 Å². The van der Waals surface area contributed by atoms with Gasteiger partial charge in [0.05, 0.1) is 11.1 Å². The van der Waals surface area contributed by atoms with Crippen molar-refractivity contribution < 1.29 is 19.4 Å². The standard InChI is InChI=1S/C34H39N3O4/c1-23-17-24(18-25-9-13-36(21-29(23)25)27-10-15-40-16-11-27)22-41-31-7-3-2-5-28(31)30-6-4-8-32(35-30)37-14-12-34(33(38)39)19-26(34)20-37/h2-8,17-18,26-27H,9-16,19-22H2,1H3,(H,38,39)/t26-,34+/m0/s1. The number of para-hydroxylation sites is 1. The molecule has 41 heavy (non-hydrogen) atoms. The van der Waals surface area contributed by atoms with E-state index in [1.807, 2.05) is 36.4 Å². The number of piperidine rings is 1. The number of pyridine rings is 1. The topological polar surface area (TPSA) is 75.1 Å². The molecular weight excluding hydrogens is 514 g/mol. The summed E-state index contributed by atoms with van der Waals surface area (Å²) >= 11 is 0. The van der Waals surface area contributed by atoms with Crippen LogP contribution >= 0.6 is 0 Å². The zero-order chi connectivity index (χ0) is 28.0. The van der Waals surface area contributed by atoms with E-state index in [2.05, 4.69) is 34.9 Å². The number of aliphatic carboxylic acids is 1. The van der Waals surface area contributed by atoms with Crippen LogP contribution in [0.5, 0.6) is 5.75 Å². The first-order valence-electron chi connectivity index (χ1n) is 15.1. The maximum atomic E-state index is 11.7. The number of nitrogens with zero attached hydrogens (tertiary/aromatic N) is 3. The Morgan fingerprint density at radius 3 is 2.80 bits per heavy atom. The lowest BCUT2D eigenvalue weighted by Crippen LogP contribution is -2.42. The van der Waals surface area contributed by atoms with Gasteiger partial charge in [0.25, 0.3) is 0 Å². The number of aromatic nitrogens is 1. The van der Waals surface area contributed by atoms with Crippen LogP contribution in [0.3, 0.4) is 0 Å². The van der Waals surface area contributed by atoms with Crippen LogP contribution in [-0.2, 0) is 29.1 Å². The van der Waals surface area contributed by atoms with Crippen molar-refractivity contribution in [2.75, 3.05) is 37.7 Å². The molecular formula is C34H39N3O4. The van der Waals surface area contributed by atoms with Gasteiger partial charge in [-0.15, -0.1) is 0 Å². The number of rotatable bonds is 7. The van der Waals surface area contributed by atoms with E-state index in [-0.39, 0.29) is 5.92 Å². The minimum absolute atomic E-state index is 0.222. The summed E-state index contributed by atoms with van der Waals surface area (Å²) < 4.78 is 12.0. The number of hydrogen-bond acceptors (Lipinski definition) is 6. The molecule has 7 nitrogen and oxygen atoms in total. The van der Waals surface area contributed by atoms with Crippen LogP contribution < -0.4 is 9.64 Å². The fourth-order valence-electron chi connectivity index (χ4n) is 7.32. The number of carbonyl (C=O) groups is 1. The summed E-state index contributed by atoms with van der Waals surface area (Å²) in [7, 11) is 0. The summed E-state index contributed by atoms with van der Waals surface area (Å²) in [6.45, 7) is 8.15. The summed E-state index contributed by atoms with van der Waals surface area (Å²) in [6.07, 6.45) is 4.83. The van der Waals surface area contributed by atoms with Gasteiger partial charge in [-0.1, -0.05) is 30.3 Å². The highest BCUT2D eigenvalue weighted by atomic mass is 16.5. The molecule has 2 saturated heterocycles. The highest BCUT2D eigenvalue weighted by Crippen LogP contribution is 2.58. The fraction of sp³-hybridized carbons (Fsp3) is 0.471. The molecule has 0 radical (unpaired) electrons. The van der Waals surface area contributed by atoms with Crippen LogP contribution in [0.15, 0.2) is 54.6 Å². The van der Waals surface area contributed by atoms with Crippen molar-refractivity contribution in [2.24, 2.45) is 11.3 Å². The van der Waals surface area contributed by atoms with Crippen molar-refractivity contribution in [3.63, 3.8) is 0 Å². The Morgan fingerprint density at radius 1 is 1.12 bits per heavy atom. The van der Waals surface area contributed by atoms with Gasteiger partial charge in [0.15, 0.2) is 0 Å². The van der Waals surface area contributed by atoms with E-state index in [0.29, 0.717) is 19.1 Å². The molecule has 1 saturated carbocycles. The molecule has 214 valence electrons. The van der Waals surface area contributed by atoms with Crippen molar-refractivity contribution in [3.05, 3.63) is 76.9 Å². The second-order valence-electron chi connectivity index (χ2n) is 12.3. The molecule has 0 bridgehead atoms. The zero-order valence-electron chi connectivity index (χ0n) is 23.8. The Morgan fingerprint density at radius 2 is 1.98 bits per heavy atom. The molecule has 0 amide bonds.